The van der Waals surface area contributed by atoms with Gasteiger partial charge in [0.05, 0.1) is 6.54 Å². The fourth-order valence-electron chi connectivity index (χ4n) is 2.36. The van der Waals surface area contributed by atoms with Gasteiger partial charge in [0.1, 0.15) is 5.82 Å². The minimum absolute atomic E-state index is 0.524. The standard InChI is InChI=1S/C14H15N3/c1-2-5-12-9-13(8-11(12)4-1)17-10-14-15-6-3-7-16-14/h1-7,13,17H,8-10H2. The highest BCUT2D eigenvalue weighted by atomic mass is 15.0. The topological polar surface area (TPSA) is 37.8 Å². The lowest BCUT2D eigenvalue weighted by molar-refractivity contribution is 0.521. The molecule has 0 fully saturated rings. The molecular weight excluding hydrogens is 210 g/mol. The monoisotopic (exact) mass is 225 g/mol. The summed E-state index contributed by atoms with van der Waals surface area (Å²) in [6.45, 7) is 0.749. The predicted molar refractivity (Wildman–Crippen MR) is 66.5 cm³/mol. The van der Waals surface area contributed by atoms with Crippen molar-refractivity contribution in [1.82, 2.24) is 15.3 Å². The SMILES string of the molecule is c1cnc(CNC2Cc3ccccc3C2)nc1. The van der Waals surface area contributed by atoms with Crippen molar-refractivity contribution < 1.29 is 0 Å². The summed E-state index contributed by atoms with van der Waals surface area (Å²) in [6, 6.07) is 11.0. The molecule has 0 bridgehead atoms. The largest absolute Gasteiger partial charge is 0.306 e. The molecule has 0 saturated heterocycles. The zero-order chi connectivity index (χ0) is 11.5. The first-order chi connectivity index (χ1) is 8.42. The summed E-state index contributed by atoms with van der Waals surface area (Å²) in [5, 5.41) is 3.52. The van der Waals surface area contributed by atoms with Crippen molar-refractivity contribution in [3.63, 3.8) is 0 Å². The van der Waals surface area contributed by atoms with Crippen molar-refractivity contribution in [3.8, 4) is 0 Å². The minimum atomic E-state index is 0.524. The number of hydrogen-bond acceptors (Lipinski definition) is 3. The van der Waals surface area contributed by atoms with Crippen molar-refractivity contribution >= 4 is 0 Å². The van der Waals surface area contributed by atoms with Gasteiger partial charge < -0.3 is 5.32 Å². The minimum Gasteiger partial charge on any atom is -0.306 e. The number of rotatable bonds is 3. The van der Waals surface area contributed by atoms with Gasteiger partial charge in [-0.2, -0.15) is 0 Å². The molecule has 86 valence electrons. The molecule has 0 radical (unpaired) electrons. The second-order valence-corrected chi connectivity index (χ2v) is 4.42. The van der Waals surface area contributed by atoms with Crippen LogP contribution in [0.2, 0.25) is 0 Å². The predicted octanol–water partition coefficient (Wildman–Crippen LogP) is 1.73. The Balaban J connectivity index is 1.59. The van der Waals surface area contributed by atoms with E-state index < -0.39 is 0 Å². The molecule has 0 saturated carbocycles. The van der Waals surface area contributed by atoms with Gasteiger partial charge in [0.15, 0.2) is 0 Å². The molecule has 0 unspecified atom stereocenters. The van der Waals surface area contributed by atoms with E-state index in [1.807, 2.05) is 6.07 Å². The molecule has 0 amide bonds. The highest BCUT2D eigenvalue weighted by Crippen LogP contribution is 2.21. The Morgan fingerprint density at radius 2 is 1.65 bits per heavy atom. The smallest absolute Gasteiger partial charge is 0.141 e. The van der Waals surface area contributed by atoms with Gasteiger partial charge in [-0.15, -0.1) is 0 Å². The molecule has 1 aromatic heterocycles. The van der Waals surface area contributed by atoms with Gasteiger partial charge in [0, 0.05) is 18.4 Å². The molecule has 1 heterocycles. The maximum Gasteiger partial charge on any atom is 0.141 e. The quantitative estimate of drug-likeness (QED) is 0.864. The number of benzene rings is 1. The Hall–Kier alpha value is -1.74. The van der Waals surface area contributed by atoms with Gasteiger partial charge in [0.2, 0.25) is 0 Å². The third-order valence-electron chi connectivity index (χ3n) is 3.22. The van der Waals surface area contributed by atoms with E-state index in [1.54, 1.807) is 12.4 Å². The van der Waals surface area contributed by atoms with Gasteiger partial charge in [0.25, 0.3) is 0 Å². The zero-order valence-corrected chi connectivity index (χ0v) is 9.63. The summed E-state index contributed by atoms with van der Waals surface area (Å²) in [7, 11) is 0. The lowest BCUT2D eigenvalue weighted by Crippen LogP contribution is -2.29. The van der Waals surface area contributed by atoms with Crippen molar-refractivity contribution in [3.05, 3.63) is 59.7 Å². The van der Waals surface area contributed by atoms with E-state index >= 15 is 0 Å². The Morgan fingerprint density at radius 1 is 1.00 bits per heavy atom. The lowest BCUT2D eigenvalue weighted by Gasteiger charge is -2.10. The van der Waals surface area contributed by atoms with E-state index in [9.17, 15) is 0 Å². The summed E-state index contributed by atoms with van der Waals surface area (Å²) in [6.07, 6.45) is 5.80. The van der Waals surface area contributed by atoms with Gasteiger partial charge in [-0.3, -0.25) is 0 Å². The molecule has 1 N–H and O–H groups in total. The van der Waals surface area contributed by atoms with Crippen LogP contribution >= 0.6 is 0 Å². The van der Waals surface area contributed by atoms with Crippen LogP contribution in [0.1, 0.15) is 17.0 Å². The molecule has 3 nitrogen and oxygen atoms in total. The van der Waals surface area contributed by atoms with E-state index in [2.05, 4.69) is 39.6 Å². The highest BCUT2D eigenvalue weighted by molar-refractivity contribution is 5.33. The van der Waals surface area contributed by atoms with Crippen LogP contribution in [0.5, 0.6) is 0 Å². The van der Waals surface area contributed by atoms with Gasteiger partial charge in [-0.05, 0) is 30.0 Å². The van der Waals surface area contributed by atoms with Crippen LogP contribution in [0.4, 0.5) is 0 Å². The summed E-state index contributed by atoms with van der Waals surface area (Å²) in [5.41, 5.74) is 2.94. The molecule has 3 heteroatoms. The average Bonchev–Trinajstić information content (AvgIpc) is 2.80. The molecule has 0 spiro atoms. The molecular formula is C14H15N3. The molecule has 1 aliphatic rings. The summed E-state index contributed by atoms with van der Waals surface area (Å²) in [4.78, 5) is 8.43. The zero-order valence-electron chi connectivity index (χ0n) is 9.63. The van der Waals surface area contributed by atoms with E-state index in [0.29, 0.717) is 6.04 Å². The van der Waals surface area contributed by atoms with Gasteiger partial charge in [-0.25, -0.2) is 9.97 Å². The highest BCUT2D eigenvalue weighted by Gasteiger charge is 2.20. The third kappa shape index (κ3) is 2.34. The molecule has 17 heavy (non-hydrogen) atoms. The molecule has 0 atom stereocenters. The maximum atomic E-state index is 4.22. The molecule has 1 aliphatic carbocycles. The van der Waals surface area contributed by atoms with E-state index in [0.717, 1.165) is 25.2 Å². The summed E-state index contributed by atoms with van der Waals surface area (Å²) >= 11 is 0. The van der Waals surface area contributed by atoms with Gasteiger partial charge >= 0.3 is 0 Å². The van der Waals surface area contributed by atoms with Crippen LogP contribution in [0.25, 0.3) is 0 Å². The lowest BCUT2D eigenvalue weighted by atomic mass is 10.1. The summed E-state index contributed by atoms with van der Waals surface area (Å²) in [5.74, 6) is 0.864. The first-order valence-electron chi connectivity index (χ1n) is 5.98. The molecule has 1 aromatic carbocycles. The fourth-order valence-corrected chi connectivity index (χ4v) is 2.36. The van der Waals surface area contributed by atoms with Crippen LogP contribution in [0.15, 0.2) is 42.7 Å². The van der Waals surface area contributed by atoms with E-state index in [1.165, 1.54) is 11.1 Å². The second kappa shape index (κ2) is 4.63. The number of nitrogens with one attached hydrogen (secondary N) is 1. The van der Waals surface area contributed by atoms with E-state index in [4.69, 9.17) is 0 Å². The fraction of sp³-hybridized carbons (Fsp3) is 0.286. The molecule has 3 rings (SSSR count). The Morgan fingerprint density at radius 3 is 2.29 bits per heavy atom. The normalized spacial score (nSPS) is 14.8. The number of aromatic nitrogens is 2. The first kappa shape index (κ1) is 10.4. The number of hydrogen-bond donors (Lipinski definition) is 1. The first-order valence-corrected chi connectivity index (χ1v) is 5.98. The van der Waals surface area contributed by atoms with Crippen LogP contribution in [-0.4, -0.2) is 16.0 Å². The van der Waals surface area contributed by atoms with Crippen molar-refractivity contribution in [2.45, 2.75) is 25.4 Å². The van der Waals surface area contributed by atoms with Crippen molar-refractivity contribution in [2.75, 3.05) is 0 Å². The van der Waals surface area contributed by atoms with Gasteiger partial charge in [-0.1, -0.05) is 24.3 Å². The Kier molecular flexibility index (Phi) is 2.84. The second-order valence-electron chi connectivity index (χ2n) is 4.42. The van der Waals surface area contributed by atoms with Crippen molar-refractivity contribution in [2.24, 2.45) is 0 Å². The van der Waals surface area contributed by atoms with Crippen LogP contribution < -0.4 is 5.32 Å². The van der Waals surface area contributed by atoms with Crippen LogP contribution in [0.3, 0.4) is 0 Å². The van der Waals surface area contributed by atoms with Crippen molar-refractivity contribution in [1.29, 1.82) is 0 Å². The van der Waals surface area contributed by atoms with Crippen LogP contribution in [0, 0.1) is 0 Å². The van der Waals surface area contributed by atoms with E-state index in [-0.39, 0.29) is 0 Å². The molecule has 2 aromatic rings. The Labute approximate surface area is 101 Å². The third-order valence-corrected chi connectivity index (χ3v) is 3.22. The summed E-state index contributed by atoms with van der Waals surface area (Å²) < 4.78 is 0. The average molecular weight is 225 g/mol. The Bertz CT molecular complexity index is 471. The van der Waals surface area contributed by atoms with Crippen LogP contribution in [-0.2, 0) is 19.4 Å². The number of fused-ring (bicyclic) bond motifs is 1. The number of nitrogens with zero attached hydrogens (tertiary/aromatic N) is 2. The maximum absolute atomic E-state index is 4.22. The molecule has 0 aliphatic heterocycles.